The molecule has 1 N–H and O–H groups in total. The van der Waals surface area contributed by atoms with E-state index in [9.17, 15) is 9.90 Å². The van der Waals surface area contributed by atoms with E-state index in [-0.39, 0.29) is 11.5 Å². The molecule has 4 heteroatoms. The monoisotopic (exact) mass is 245 g/mol. The van der Waals surface area contributed by atoms with Crippen molar-refractivity contribution >= 4 is 23.2 Å². The predicted molar refractivity (Wildman–Crippen MR) is 68.3 cm³/mol. The highest BCUT2D eigenvalue weighted by atomic mass is 32.1. The van der Waals surface area contributed by atoms with Crippen LogP contribution >= 0.6 is 11.3 Å². The SMILES string of the molecule is Cc1ncsc1C(=O)C=Cc1cccc(O)c1. The van der Waals surface area contributed by atoms with Crippen molar-refractivity contribution in [1.82, 2.24) is 4.98 Å². The molecule has 2 rings (SSSR count). The lowest BCUT2D eigenvalue weighted by atomic mass is 10.1. The molecule has 0 bridgehead atoms. The third-order valence-electron chi connectivity index (χ3n) is 2.27. The molecule has 0 fully saturated rings. The van der Waals surface area contributed by atoms with E-state index < -0.39 is 0 Å². The number of carbonyl (C=O) groups excluding carboxylic acids is 1. The lowest BCUT2D eigenvalue weighted by molar-refractivity contribution is 0.105. The number of benzene rings is 1. The number of aryl methyl sites for hydroxylation is 1. The van der Waals surface area contributed by atoms with Gasteiger partial charge in [-0.2, -0.15) is 0 Å². The zero-order chi connectivity index (χ0) is 12.3. The van der Waals surface area contributed by atoms with Gasteiger partial charge in [-0.3, -0.25) is 4.79 Å². The minimum atomic E-state index is -0.0617. The minimum absolute atomic E-state index is 0.0617. The summed E-state index contributed by atoms with van der Waals surface area (Å²) in [5, 5.41) is 9.28. The van der Waals surface area contributed by atoms with Crippen LogP contribution in [0.5, 0.6) is 5.75 Å². The summed E-state index contributed by atoms with van der Waals surface area (Å²) in [6.45, 7) is 1.81. The van der Waals surface area contributed by atoms with Crippen LogP contribution in [0.25, 0.3) is 6.08 Å². The third kappa shape index (κ3) is 2.79. The van der Waals surface area contributed by atoms with Gasteiger partial charge in [0.2, 0.25) is 0 Å². The molecule has 3 nitrogen and oxygen atoms in total. The molecule has 1 heterocycles. The molecule has 0 saturated heterocycles. The molecule has 1 aromatic carbocycles. The molecule has 0 aliphatic rings. The number of aromatic hydroxyl groups is 1. The first-order chi connectivity index (χ1) is 8.16. The fourth-order valence-electron chi connectivity index (χ4n) is 1.41. The maximum atomic E-state index is 11.8. The van der Waals surface area contributed by atoms with Gasteiger partial charge < -0.3 is 5.11 Å². The van der Waals surface area contributed by atoms with Gasteiger partial charge >= 0.3 is 0 Å². The average Bonchev–Trinajstić information content (AvgIpc) is 2.72. The van der Waals surface area contributed by atoms with Crippen molar-refractivity contribution in [3.8, 4) is 5.75 Å². The third-order valence-corrected chi connectivity index (χ3v) is 3.21. The van der Waals surface area contributed by atoms with E-state index in [0.717, 1.165) is 11.3 Å². The number of aromatic nitrogens is 1. The van der Waals surface area contributed by atoms with Gasteiger partial charge in [-0.15, -0.1) is 11.3 Å². The highest BCUT2D eigenvalue weighted by Gasteiger charge is 2.07. The van der Waals surface area contributed by atoms with Crippen molar-refractivity contribution in [3.63, 3.8) is 0 Å². The van der Waals surface area contributed by atoms with E-state index >= 15 is 0 Å². The summed E-state index contributed by atoms with van der Waals surface area (Å²) in [5.74, 6) is 0.127. The Morgan fingerprint density at radius 1 is 1.47 bits per heavy atom. The van der Waals surface area contributed by atoms with Crippen molar-refractivity contribution in [2.24, 2.45) is 0 Å². The molecule has 2 aromatic rings. The van der Waals surface area contributed by atoms with E-state index in [1.54, 1.807) is 29.8 Å². The van der Waals surface area contributed by atoms with Crippen molar-refractivity contribution in [3.05, 3.63) is 52.0 Å². The van der Waals surface area contributed by atoms with Crippen LogP contribution in [-0.2, 0) is 0 Å². The first-order valence-electron chi connectivity index (χ1n) is 5.08. The molecule has 86 valence electrons. The zero-order valence-corrected chi connectivity index (χ0v) is 10.1. The first kappa shape index (κ1) is 11.5. The van der Waals surface area contributed by atoms with Gasteiger partial charge in [-0.1, -0.05) is 18.2 Å². The van der Waals surface area contributed by atoms with Gasteiger partial charge in [-0.05, 0) is 30.7 Å². The van der Waals surface area contributed by atoms with Gasteiger partial charge in [0.25, 0.3) is 0 Å². The zero-order valence-electron chi connectivity index (χ0n) is 9.25. The summed E-state index contributed by atoms with van der Waals surface area (Å²) < 4.78 is 0. The van der Waals surface area contributed by atoms with E-state index in [1.165, 1.54) is 17.4 Å². The fourth-order valence-corrected chi connectivity index (χ4v) is 2.14. The van der Waals surface area contributed by atoms with Crippen LogP contribution < -0.4 is 0 Å². The summed E-state index contributed by atoms with van der Waals surface area (Å²) in [4.78, 5) is 16.5. The van der Waals surface area contributed by atoms with Crippen LogP contribution in [0.1, 0.15) is 20.9 Å². The fraction of sp³-hybridized carbons (Fsp3) is 0.0769. The van der Waals surface area contributed by atoms with Gasteiger partial charge in [0.15, 0.2) is 5.78 Å². The smallest absolute Gasteiger partial charge is 0.197 e. The number of allylic oxidation sites excluding steroid dienone is 1. The van der Waals surface area contributed by atoms with Crippen molar-refractivity contribution in [2.45, 2.75) is 6.92 Å². The number of nitrogens with zero attached hydrogens (tertiary/aromatic N) is 1. The number of rotatable bonds is 3. The lowest BCUT2D eigenvalue weighted by Crippen LogP contribution is -1.93. The highest BCUT2D eigenvalue weighted by molar-refractivity contribution is 7.12. The molecule has 0 saturated carbocycles. The van der Waals surface area contributed by atoms with Crippen LogP contribution in [0, 0.1) is 6.92 Å². The second kappa shape index (κ2) is 4.93. The van der Waals surface area contributed by atoms with E-state index in [1.807, 2.05) is 13.0 Å². The number of hydrogen-bond acceptors (Lipinski definition) is 4. The van der Waals surface area contributed by atoms with Gasteiger partial charge in [0.05, 0.1) is 16.1 Å². The average molecular weight is 245 g/mol. The summed E-state index contributed by atoms with van der Waals surface area (Å²) in [6, 6.07) is 6.75. The van der Waals surface area contributed by atoms with Gasteiger partial charge in [0.1, 0.15) is 5.75 Å². The molecule has 0 radical (unpaired) electrons. The van der Waals surface area contributed by atoms with Crippen LogP contribution in [0.4, 0.5) is 0 Å². The summed E-state index contributed by atoms with van der Waals surface area (Å²) in [6.07, 6.45) is 3.18. The maximum absolute atomic E-state index is 11.8. The van der Waals surface area contributed by atoms with Crippen molar-refractivity contribution in [2.75, 3.05) is 0 Å². The molecular weight excluding hydrogens is 234 g/mol. The molecule has 0 unspecified atom stereocenters. The molecule has 0 aliphatic heterocycles. The van der Waals surface area contributed by atoms with E-state index in [4.69, 9.17) is 0 Å². The highest BCUT2D eigenvalue weighted by Crippen LogP contribution is 2.16. The maximum Gasteiger partial charge on any atom is 0.197 e. The molecule has 0 spiro atoms. The topological polar surface area (TPSA) is 50.2 Å². The molecule has 0 aliphatic carbocycles. The molecule has 0 amide bonds. The second-order valence-corrected chi connectivity index (χ2v) is 4.41. The molecule has 0 atom stereocenters. The van der Waals surface area contributed by atoms with E-state index in [2.05, 4.69) is 4.98 Å². The normalized spacial score (nSPS) is 10.9. The van der Waals surface area contributed by atoms with Gasteiger partial charge in [0, 0.05) is 0 Å². The number of hydrogen-bond donors (Lipinski definition) is 1. The van der Waals surface area contributed by atoms with Crippen molar-refractivity contribution in [1.29, 1.82) is 0 Å². The Balaban J connectivity index is 2.17. The van der Waals surface area contributed by atoms with Crippen molar-refractivity contribution < 1.29 is 9.90 Å². The van der Waals surface area contributed by atoms with Crippen LogP contribution in [-0.4, -0.2) is 15.9 Å². The standard InChI is InChI=1S/C13H11NO2S/c1-9-13(17-8-14-9)12(16)6-5-10-3-2-4-11(15)7-10/h2-8,15H,1H3. The van der Waals surface area contributed by atoms with Crippen LogP contribution in [0.3, 0.4) is 0 Å². The van der Waals surface area contributed by atoms with Crippen LogP contribution in [0.15, 0.2) is 35.9 Å². The molecule has 17 heavy (non-hydrogen) atoms. The Morgan fingerprint density at radius 3 is 2.94 bits per heavy atom. The van der Waals surface area contributed by atoms with E-state index in [0.29, 0.717) is 4.88 Å². The number of carbonyl (C=O) groups is 1. The minimum Gasteiger partial charge on any atom is -0.508 e. The summed E-state index contributed by atoms with van der Waals surface area (Å²) in [5.41, 5.74) is 3.20. The Morgan fingerprint density at radius 2 is 2.29 bits per heavy atom. The van der Waals surface area contributed by atoms with Crippen LogP contribution in [0.2, 0.25) is 0 Å². The number of phenolic OH excluding ortho intramolecular Hbond substituents is 1. The number of phenols is 1. The molecular formula is C13H11NO2S. The lowest BCUT2D eigenvalue weighted by Gasteiger charge is -1.95. The molecule has 1 aromatic heterocycles. The second-order valence-electron chi connectivity index (χ2n) is 3.56. The van der Waals surface area contributed by atoms with Gasteiger partial charge in [-0.25, -0.2) is 4.98 Å². The Kier molecular flexibility index (Phi) is 3.35. The quantitative estimate of drug-likeness (QED) is 0.668. The summed E-state index contributed by atoms with van der Waals surface area (Å²) >= 11 is 1.33. The summed E-state index contributed by atoms with van der Waals surface area (Å²) in [7, 11) is 0. The number of thiazole rings is 1. The Labute approximate surface area is 103 Å². The first-order valence-corrected chi connectivity index (χ1v) is 5.96. The largest absolute Gasteiger partial charge is 0.508 e. The Bertz CT molecular complexity index is 572. The predicted octanol–water partition coefficient (Wildman–Crippen LogP) is 3.05. The Hall–Kier alpha value is -1.94. The number of ketones is 1.